The van der Waals surface area contributed by atoms with Gasteiger partial charge in [-0.3, -0.25) is 19.2 Å². The summed E-state index contributed by atoms with van der Waals surface area (Å²) in [5.74, 6) is -3.08. The van der Waals surface area contributed by atoms with Gasteiger partial charge in [0.05, 0.1) is 0 Å². The zero-order valence-electron chi connectivity index (χ0n) is 27.1. The fourth-order valence-corrected chi connectivity index (χ4v) is 6.38. The minimum Gasteiger partial charge on any atom is -0.457 e. The van der Waals surface area contributed by atoms with E-state index in [4.69, 9.17) is 4.74 Å². The van der Waals surface area contributed by atoms with E-state index >= 15 is 4.48 Å². The van der Waals surface area contributed by atoms with Crippen LogP contribution in [0.1, 0.15) is 50.2 Å². The molecule has 0 saturated carbocycles. The molecule has 2 fully saturated rings. The molecule has 0 aliphatic carbocycles. The molecule has 2 saturated heterocycles. The summed E-state index contributed by atoms with van der Waals surface area (Å²) in [4.78, 5) is 57.0. The Morgan fingerprint density at radius 1 is 1.00 bits per heavy atom. The molecule has 2 aromatic rings. The minimum atomic E-state index is -4.74. The van der Waals surface area contributed by atoms with E-state index in [0.29, 0.717) is 42.1 Å². The predicted molar refractivity (Wildman–Crippen MR) is 168 cm³/mol. The molecule has 0 radical (unpaired) electrons. The number of rotatable bonds is 6. The van der Waals surface area contributed by atoms with E-state index in [-0.39, 0.29) is 62.6 Å². The topological polar surface area (TPSA) is 111 Å². The van der Waals surface area contributed by atoms with Gasteiger partial charge in [0.1, 0.15) is 41.8 Å². The van der Waals surface area contributed by atoms with Crippen LogP contribution in [0, 0.1) is 0 Å². The van der Waals surface area contributed by atoms with Crippen molar-refractivity contribution in [1.82, 2.24) is 25.6 Å². The molecule has 266 valence electrons. The summed E-state index contributed by atoms with van der Waals surface area (Å²) < 4.78 is 76.1. The molecule has 2 aromatic carbocycles. The van der Waals surface area contributed by atoms with Gasteiger partial charge in [-0.1, -0.05) is 28.7 Å². The smallest absolute Gasteiger partial charge is 0.405 e. The average molecular weight is 694 g/mol. The Bertz CT molecular complexity index is 1530. The van der Waals surface area contributed by atoms with Gasteiger partial charge < -0.3 is 25.2 Å². The summed E-state index contributed by atoms with van der Waals surface area (Å²) in [6.07, 6.45) is -4.35. The number of likely N-dealkylation sites (tertiary alicyclic amines) is 2. The number of alkyl halides is 4. The molecule has 3 aliphatic heterocycles. The first-order chi connectivity index (χ1) is 23.2. The normalized spacial score (nSPS) is 24.0. The Balaban J connectivity index is 1.51. The third kappa shape index (κ3) is 9.67. The zero-order chi connectivity index (χ0) is 35.3. The molecule has 10 nitrogen and oxygen atoms in total. The Labute approximate surface area is 280 Å². The molecule has 4 amide bonds. The van der Waals surface area contributed by atoms with Crippen LogP contribution in [0.2, 0.25) is 0 Å². The molecule has 0 unspecified atom stereocenters. The van der Waals surface area contributed by atoms with Crippen molar-refractivity contribution >= 4 is 23.6 Å². The number of benzene rings is 2. The lowest BCUT2D eigenvalue weighted by Gasteiger charge is -2.36. The third-order valence-electron chi connectivity index (χ3n) is 9.17. The Kier molecular flexibility index (Phi) is 11.1. The number of halogens is 5. The lowest BCUT2D eigenvalue weighted by atomic mass is 9.95. The van der Waals surface area contributed by atoms with E-state index in [0.717, 1.165) is 0 Å². The molecule has 2 N–H and O–H groups in total. The van der Waals surface area contributed by atoms with Crippen LogP contribution in [0.5, 0.6) is 11.5 Å². The number of ether oxygens (including phenoxy) is 1. The van der Waals surface area contributed by atoms with Crippen LogP contribution in [-0.2, 0) is 32.0 Å². The van der Waals surface area contributed by atoms with Crippen molar-refractivity contribution < 1.29 is 46.0 Å². The maximum absolute atomic E-state index is 16.5. The van der Waals surface area contributed by atoms with Crippen molar-refractivity contribution in [2.24, 2.45) is 0 Å². The number of hydrogen-bond donors (Lipinski definition) is 2. The Hall–Kier alpha value is -4.27. The first-order valence-electron chi connectivity index (χ1n) is 16.4. The number of fused-ring (bicyclic) bond motifs is 4. The van der Waals surface area contributed by atoms with E-state index in [1.54, 1.807) is 53.8 Å². The van der Waals surface area contributed by atoms with Gasteiger partial charge in [-0.05, 0) is 68.0 Å². The van der Waals surface area contributed by atoms with E-state index in [1.165, 1.54) is 11.8 Å². The number of nitrogens with one attached hydrogen (secondary N) is 2. The number of amides is 4. The minimum absolute atomic E-state index is 0.0849. The van der Waals surface area contributed by atoms with Gasteiger partial charge in [0.25, 0.3) is 5.91 Å². The van der Waals surface area contributed by atoms with Gasteiger partial charge in [0.2, 0.25) is 17.7 Å². The summed E-state index contributed by atoms with van der Waals surface area (Å²) in [5, 5.41) is 3.94. The average Bonchev–Trinajstić information content (AvgIpc) is 3.47. The van der Waals surface area contributed by atoms with Crippen LogP contribution in [-0.4, -0.2) is 101 Å². The molecule has 5 rings (SSSR count). The van der Waals surface area contributed by atoms with Crippen molar-refractivity contribution in [2.45, 2.75) is 81.8 Å². The predicted octanol–water partition coefficient (Wildman–Crippen LogP) is 4.03. The van der Waals surface area contributed by atoms with Crippen LogP contribution in [0.3, 0.4) is 0 Å². The summed E-state index contributed by atoms with van der Waals surface area (Å²) in [6.45, 7) is 0.751. The summed E-state index contributed by atoms with van der Waals surface area (Å²) >= 11 is 0. The third-order valence-corrected chi connectivity index (χ3v) is 9.17. The molecule has 0 spiro atoms. The molecule has 3 heterocycles. The number of carbonyl (C=O) groups is 4. The lowest BCUT2D eigenvalue weighted by molar-refractivity contribution is -0.166. The fraction of sp³-hybridized carbons (Fsp3) is 0.529. The largest absolute Gasteiger partial charge is 0.457 e. The summed E-state index contributed by atoms with van der Waals surface area (Å²) in [5.41, 5.74) is -0.380. The van der Waals surface area contributed by atoms with Gasteiger partial charge >= 0.3 is 6.18 Å². The van der Waals surface area contributed by atoms with E-state index in [9.17, 15) is 36.7 Å². The first kappa shape index (κ1) is 36.0. The quantitative estimate of drug-likeness (QED) is 0.350. The summed E-state index contributed by atoms with van der Waals surface area (Å²) in [6, 6.07) is 8.37. The second-order valence-electron chi connectivity index (χ2n) is 13.1. The monoisotopic (exact) mass is 693 g/mol. The van der Waals surface area contributed by atoms with Crippen molar-refractivity contribution in [3.05, 3.63) is 59.7 Å². The highest BCUT2D eigenvalue weighted by atomic mass is 19.4. The number of piperidine rings is 1. The van der Waals surface area contributed by atoms with Crippen LogP contribution < -0.4 is 15.4 Å². The Morgan fingerprint density at radius 3 is 2.22 bits per heavy atom. The molecular weight excluding hydrogens is 653 g/mol. The SMILES string of the molecule is CC1(F)CCN(CC[C@H]2C(=O)N[C@H](C(=O)NCC(F)(F)F)Cc3cccc(c3)Oc3cccc(c3)C[C@H](N3CCCC3=O)C(=O)N2F)CC1. The van der Waals surface area contributed by atoms with Crippen molar-refractivity contribution in [2.75, 3.05) is 32.7 Å². The van der Waals surface area contributed by atoms with Crippen molar-refractivity contribution in [3.63, 3.8) is 0 Å². The lowest BCUT2D eigenvalue weighted by Crippen LogP contribution is -2.58. The van der Waals surface area contributed by atoms with Crippen LogP contribution >= 0.6 is 0 Å². The molecule has 3 atom stereocenters. The van der Waals surface area contributed by atoms with Gasteiger partial charge in [-0.25, -0.2) is 4.39 Å². The van der Waals surface area contributed by atoms with Gasteiger partial charge in [0.15, 0.2) is 0 Å². The second-order valence-corrected chi connectivity index (χ2v) is 13.1. The van der Waals surface area contributed by atoms with Crippen LogP contribution in [0.15, 0.2) is 48.5 Å². The molecule has 4 bridgehead atoms. The fourth-order valence-electron chi connectivity index (χ4n) is 6.38. The van der Waals surface area contributed by atoms with Gasteiger partial charge in [-0.2, -0.15) is 18.3 Å². The van der Waals surface area contributed by atoms with Crippen LogP contribution in [0.4, 0.5) is 22.0 Å². The standard InChI is InChI=1S/C34H40F5N5O5/c1-33(35)11-15-42(16-12-33)14-10-27-31(47)41-26(30(46)40-21-34(36,37)38)19-22-5-2-7-24(17-22)49-25-8-3-6-23(18-25)20-28(32(48)44(27)39)43-13-4-9-29(43)45/h2-3,5-8,17-18,26-28H,4,9-16,19-21H2,1H3,(H,40,46)(H,41,47)/t26-,27-,28-/m0/s1. The number of carbonyl (C=O) groups excluding carboxylic acids is 4. The first-order valence-corrected chi connectivity index (χ1v) is 16.4. The molecule has 49 heavy (non-hydrogen) atoms. The van der Waals surface area contributed by atoms with Crippen molar-refractivity contribution in [1.29, 1.82) is 0 Å². The van der Waals surface area contributed by atoms with Crippen LogP contribution in [0.25, 0.3) is 0 Å². The number of nitrogens with zero attached hydrogens (tertiary/aromatic N) is 3. The van der Waals surface area contributed by atoms with Gasteiger partial charge in [0, 0.05) is 45.4 Å². The molecule has 0 aromatic heterocycles. The highest BCUT2D eigenvalue weighted by Gasteiger charge is 2.42. The molecule has 3 aliphatic rings. The van der Waals surface area contributed by atoms with Gasteiger partial charge in [-0.15, -0.1) is 0 Å². The van der Waals surface area contributed by atoms with E-state index in [2.05, 4.69) is 5.32 Å². The Morgan fingerprint density at radius 2 is 1.63 bits per heavy atom. The second kappa shape index (κ2) is 15.1. The van der Waals surface area contributed by atoms with Crippen molar-refractivity contribution in [3.8, 4) is 11.5 Å². The maximum atomic E-state index is 16.5. The molecule has 15 heteroatoms. The number of hydrogen-bond acceptors (Lipinski definition) is 6. The summed E-state index contributed by atoms with van der Waals surface area (Å²) in [7, 11) is 0. The zero-order valence-corrected chi connectivity index (χ0v) is 27.1. The highest BCUT2D eigenvalue weighted by Crippen LogP contribution is 2.28. The molecular formula is C34H40F5N5O5. The van der Waals surface area contributed by atoms with E-state index < -0.39 is 54.2 Å². The maximum Gasteiger partial charge on any atom is 0.405 e. The highest BCUT2D eigenvalue weighted by molar-refractivity contribution is 5.94. The van der Waals surface area contributed by atoms with E-state index in [1.807, 2.05) is 4.90 Å².